The van der Waals surface area contributed by atoms with Crippen LogP contribution in [0.1, 0.15) is 24.3 Å². The third-order valence-corrected chi connectivity index (χ3v) is 2.92. The predicted molar refractivity (Wildman–Crippen MR) is 75.9 cm³/mol. The Bertz CT molecular complexity index is 567. The van der Waals surface area contributed by atoms with Gasteiger partial charge in [0.2, 0.25) is 0 Å². The average molecular weight is 258 g/mol. The molecule has 0 atom stereocenters. The molecule has 1 amide bonds. The maximum atomic E-state index is 11.9. The van der Waals surface area contributed by atoms with E-state index in [-0.39, 0.29) is 5.91 Å². The summed E-state index contributed by atoms with van der Waals surface area (Å²) in [7, 11) is 0. The van der Waals surface area contributed by atoms with Gasteiger partial charge in [0.15, 0.2) is 0 Å². The zero-order valence-electron chi connectivity index (χ0n) is 11.2. The second kappa shape index (κ2) is 6.04. The standard InChI is InChI=1S/C14H18N4O/c1-3-10(2)16-6-7-17-14(19)12-8-11-4-5-15-9-13(11)18-12/h3-5,8-9,16,18H,6-7H2,1-2H3,(H,17,19)/b10-3+. The van der Waals surface area contributed by atoms with Gasteiger partial charge in [0, 0.05) is 30.4 Å². The van der Waals surface area contributed by atoms with Crippen LogP contribution in [0.3, 0.4) is 0 Å². The molecule has 0 saturated carbocycles. The summed E-state index contributed by atoms with van der Waals surface area (Å²) in [6.07, 6.45) is 5.41. The van der Waals surface area contributed by atoms with Crippen LogP contribution in [0, 0.1) is 0 Å². The highest BCUT2D eigenvalue weighted by molar-refractivity contribution is 5.97. The molecular formula is C14H18N4O. The number of rotatable bonds is 5. The van der Waals surface area contributed by atoms with Gasteiger partial charge < -0.3 is 15.6 Å². The summed E-state index contributed by atoms with van der Waals surface area (Å²) in [5.74, 6) is -0.101. The van der Waals surface area contributed by atoms with Crippen molar-refractivity contribution in [2.75, 3.05) is 13.1 Å². The van der Waals surface area contributed by atoms with E-state index in [1.54, 1.807) is 12.4 Å². The smallest absolute Gasteiger partial charge is 0.267 e. The number of hydrogen-bond donors (Lipinski definition) is 3. The molecule has 5 heteroatoms. The molecule has 100 valence electrons. The number of H-pyrrole nitrogens is 1. The van der Waals surface area contributed by atoms with Crippen LogP contribution >= 0.6 is 0 Å². The molecule has 19 heavy (non-hydrogen) atoms. The van der Waals surface area contributed by atoms with Gasteiger partial charge in [-0.05, 0) is 26.0 Å². The lowest BCUT2D eigenvalue weighted by Crippen LogP contribution is -2.31. The highest BCUT2D eigenvalue weighted by Gasteiger charge is 2.08. The molecule has 2 aromatic rings. The van der Waals surface area contributed by atoms with Gasteiger partial charge in [-0.25, -0.2) is 0 Å². The first kappa shape index (κ1) is 13.1. The lowest BCUT2D eigenvalue weighted by molar-refractivity contribution is 0.0950. The Kier molecular flexibility index (Phi) is 4.18. The van der Waals surface area contributed by atoms with Gasteiger partial charge in [0.1, 0.15) is 5.69 Å². The Hall–Kier alpha value is -2.30. The summed E-state index contributed by atoms with van der Waals surface area (Å²) < 4.78 is 0. The minimum Gasteiger partial charge on any atom is -0.387 e. The quantitative estimate of drug-likeness (QED) is 0.716. The lowest BCUT2D eigenvalue weighted by Gasteiger charge is -2.06. The van der Waals surface area contributed by atoms with Crippen molar-refractivity contribution in [2.24, 2.45) is 0 Å². The minimum absolute atomic E-state index is 0.101. The first-order chi connectivity index (χ1) is 9.20. The number of pyridine rings is 1. The molecule has 0 unspecified atom stereocenters. The third-order valence-electron chi connectivity index (χ3n) is 2.92. The summed E-state index contributed by atoms with van der Waals surface area (Å²) in [5.41, 5.74) is 2.53. The average Bonchev–Trinajstić information content (AvgIpc) is 2.87. The van der Waals surface area contributed by atoms with Crippen LogP contribution in [0.15, 0.2) is 36.3 Å². The fourth-order valence-corrected chi connectivity index (χ4v) is 1.73. The van der Waals surface area contributed by atoms with Crippen LogP contribution in [0.25, 0.3) is 10.9 Å². The topological polar surface area (TPSA) is 69.8 Å². The van der Waals surface area contributed by atoms with Crippen molar-refractivity contribution in [2.45, 2.75) is 13.8 Å². The maximum Gasteiger partial charge on any atom is 0.267 e. The van der Waals surface area contributed by atoms with Crippen molar-refractivity contribution in [1.82, 2.24) is 20.6 Å². The summed E-state index contributed by atoms with van der Waals surface area (Å²) in [4.78, 5) is 19.0. The van der Waals surface area contributed by atoms with E-state index in [0.29, 0.717) is 18.8 Å². The molecule has 2 aromatic heterocycles. The number of carbonyl (C=O) groups is 1. The van der Waals surface area contributed by atoms with Gasteiger partial charge in [-0.15, -0.1) is 0 Å². The number of allylic oxidation sites excluding steroid dienone is 2. The number of hydrogen-bond acceptors (Lipinski definition) is 3. The van der Waals surface area contributed by atoms with Gasteiger partial charge in [0.25, 0.3) is 5.91 Å². The monoisotopic (exact) mass is 258 g/mol. The first-order valence-electron chi connectivity index (χ1n) is 6.28. The van der Waals surface area contributed by atoms with Crippen LogP contribution in [0.2, 0.25) is 0 Å². The lowest BCUT2D eigenvalue weighted by atomic mass is 10.3. The molecular weight excluding hydrogens is 240 g/mol. The zero-order valence-corrected chi connectivity index (χ0v) is 11.2. The molecule has 3 N–H and O–H groups in total. The van der Waals surface area contributed by atoms with Crippen molar-refractivity contribution >= 4 is 16.8 Å². The Balaban J connectivity index is 1.89. The van der Waals surface area contributed by atoms with E-state index < -0.39 is 0 Å². The number of aromatic nitrogens is 2. The number of nitrogens with zero attached hydrogens (tertiary/aromatic N) is 1. The second-order valence-corrected chi connectivity index (χ2v) is 4.30. The number of aromatic amines is 1. The number of nitrogens with one attached hydrogen (secondary N) is 3. The molecule has 2 heterocycles. The third kappa shape index (κ3) is 3.34. The normalized spacial score (nSPS) is 11.6. The molecule has 0 aliphatic carbocycles. The van der Waals surface area contributed by atoms with E-state index in [4.69, 9.17) is 0 Å². The van der Waals surface area contributed by atoms with Crippen molar-refractivity contribution in [3.8, 4) is 0 Å². The Morgan fingerprint density at radius 3 is 2.95 bits per heavy atom. The van der Waals surface area contributed by atoms with Crippen LogP contribution < -0.4 is 10.6 Å². The molecule has 0 saturated heterocycles. The van der Waals surface area contributed by atoms with E-state index >= 15 is 0 Å². The summed E-state index contributed by atoms with van der Waals surface area (Å²) in [5, 5.41) is 7.04. The van der Waals surface area contributed by atoms with Crippen molar-refractivity contribution < 1.29 is 4.79 Å². The van der Waals surface area contributed by atoms with Gasteiger partial charge in [-0.3, -0.25) is 9.78 Å². The molecule has 5 nitrogen and oxygen atoms in total. The maximum absolute atomic E-state index is 11.9. The molecule has 0 bridgehead atoms. The fourth-order valence-electron chi connectivity index (χ4n) is 1.73. The molecule has 0 aromatic carbocycles. The van der Waals surface area contributed by atoms with Gasteiger partial charge in [0.05, 0.1) is 11.7 Å². The van der Waals surface area contributed by atoms with Gasteiger partial charge in [-0.2, -0.15) is 0 Å². The van der Waals surface area contributed by atoms with Crippen LogP contribution in [0.4, 0.5) is 0 Å². The van der Waals surface area contributed by atoms with Crippen molar-refractivity contribution in [3.63, 3.8) is 0 Å². The van der Waals surface area contributed by atoms with Crippen LogP contribution in [-0.4, -0.2) is 29.0 Å². The number of carbonyl (C=O) groups excluding carboxylic acids is 1. The van der Waals surface area contributed by atoms with E-state index in [9.17, 15) is 4.79 Å². The molecule has 2 rings (SSSR count). The Labute approximate surface area is 112 Å². The van der Waals surface area contributed by atoms with Gasteiger partial charge in [-0.1, -0.05) is 6.08 Å². The molecule has 0 fully saturated rings. The summed E-state index contributed by atoms with van der Waals surface area (Å²) >= 11 is 0. The highest BCUT2D eigenvalue weighted by Crippen LogP contribution is 2.12. The van der Waals surface area contributed by atoms with Crippen molar-refractivity contribution in [3.05, 3.63) is 42.0 Å². The second-order valence-electron chi connectivity index (χ2n) is 4.30. The van der Waals surface area contributed by atoms with E-state index in [1.165, 1.54) is 0 Å². The highest BCUT2D eigenvalue weighted by atomic mass is 16.1. The molecule has 0 aliphatic rings. The predicted octanol–water partition coefficient (Wildman–Crippen LogP) is 1.81. The van der Waals surface area contributed by atoms with Crippen molar-refractivity contribution in [1.29, 1.82) is 0 Å². The summed E-state index contributed by atoms with van der Waals surface area (Å²) in [6, 6.07) is 3.70. The molecule has 0 aliphatic heterocycles. The number of fused-ring (bicyclic) bond motifs is 1. The Morgan fingerprint density at radius 1 is 1.42 bits per heavy atom. The number of amides is 1. The van der Waals surface area contributed by atoms with Crippen LogP contribution in [-0.2, 0) is 0 Å². The van der Waals surface area contributed by atoms with E-state index in [1.807, 2.05) is 32.1 Å². The minimum atomic E-state index is -0.101. The largest absolute Gasteiger partial charge is 0.387 e. The first-order valence-corrected chi connectivity index (χ1v) is 6.28. The SMILES string of the molecule is C/C=C(\C)NCCNC(=O)c1cc2ccncc2[nH]1. The van der Waals surface area contributed by atoms with E-state index in [0.717, 1.165) is 16.6 Å². The molecule has 0 radical (unpaired) electrons. The summed E-state index contributed by atoms with van der Waals surface area (Å²) in [6.45, 7) is 5.26. The fraction of sp³-hybridized carbons (Fsp3) is 0.286. The van der Waals surface area contributed by atoms with Crippen LogP contribution in [0.5, 0.6) is 0 Å². The van der Waals surface area contributed by atoms with Gasteiger partial charge >= 0.3 is 0 Å². The molecule has 0 spiro atoms. The van der Waals surface area contributed by atoms with E-state index in [2.05, 4.69) is 20.6 Å². The zero-order chi connectivity index (χ0) is 13.7. The Morgan fingerprint density at radius 2 is 2.21 bits per heavy atom.